The second-order valence-corrected chi connectivity index (χ2v) is 11.0. The van der Waals surface area contributed by atoms with Crippen LogP contribution in [0, 0.1) is 12.7 Å². The number of aldehydes is 1. The predicted molar refractivity (Wildman–Crippen MR) is 150 cm³/mol. The standard InChI is InChI=1S/C15H17FO5.C14H15N3OS/c1-9-4-10(7-17)14(12(16)5-9)20-13(18)6-11-8-19-15(2,3)21-11;18-10-16-14-15-9-13(19-14)11-4-3-5-12(8-11)17-6-1-2-7-17/h4-5,7,11H,6,8H2,1-3H3;3-5,8-10H,1-2,6-7H2,(H,15,16,18). The molecule has 0 bridgehead atoms. The minimum absolute atomic E-state index is 0.00442. The Hall–Kier alpha value is -3.67. The van der Waals surface area contributed by atoms with E-state index in [0.29, 0.717) is 23.4 Å². The number of benzene rings is 2. The summed E-state index contributed by atoms with van der Waals surface area (Å²) in [6.45, 7) is 7.67. The average Bonchev–Trinajstić information content (AvgIpc) is 3.68. The molecule has 3 aromatic rings. The van der Waals surface area contributed by atoms with Gasteiger partial charge in [0.25, 0.3) is 0 Å². The molecule has 2 saturated heterocycles. The van der Waals surface area contributed by atoms with Gasteiger partial charge in [0.15, 0.2) is 28.8 Å². The number of carbonyl (C=O) groups is 3. The fraction of sp³-hybridized carbons (Fsp3) is 0.379. The summed E-state index contributed by atoms with van der Waals surface area (Å²) in [6, 6.07) is 11.2. The number of hydrogen-bond acceptors (Lipinski definition) is 9. The number of nitrogens with zero attached hydrogens (tertiary/aromatic N) is 2. The summed E-state index contributed by atoms with van der Waals surface area (Å²) >= 11 is 1.49. The van der Waals surface area contributed by atoms with Crippen molar-refractivity contribution < 1.29 is 33.0 Å². The zero-order valence-corrected chi connectivity index (χ0v) is 23.5. The SMILES string of the molecule is Cc1cc(F)c(OC(=O)CC2COC(C)(C)O2)c(C=O)c1.O=CNc1ncc(-c2cccc(N3CCCC3)c2)s1. The number of halogens is 1. The van der Waals surface area contributed by atoms with Gasteiger partial charge in [0.2, 0.25) is 6.41 Å². The van der Waals surface area contributed by atoms with E-state index in [1.54, 1.807) is 27.0 Å². The van der Waals surface area contributed by atoms with Gasteiger partial charge in [-0.2, -0.15) is 0 Å². The van der Waals surface area contributed by atoms with E-state index in [1.807, 2.05) is 0 Å². The van der Waals surface area contributed by atoms with E-state index in [-0.39, 0.29) is 24.3 Å². The van der Waals surface area contributed by atoms with Gasteiger partial charge in [-0.1, -0.05) is 23.5 Å². The number of aryl methyl sites for hydroxylation is 1. The molecule has 1 atom stereocenters. The molecule has 3 heterocycles. The highest BCUT2D eigenvalue weighted by Crippen LogP contribution is 2.32. The van der Waals surface area contributed by atoms with Crippen molar-refractivity contribution in [3.8, 4) is 16.2 Å². The van der Waals surface area contributed by atoms with Gasteiger partial charge in [-0.3, -0.25) is 14.4 Å². The Morgan fingerprint density at radius 1 is 1.25 bits per heavy atom. The van der Waals surface area contributed by atoms with E-state index in [9.17, 15) is 18.8 Å². The van der Waals surface area contributed by atoms with Crippen LogP contribution in [0.2, 0.25) is 0 Å². The number of thiazole rings is 1. The van der Waals surface area contributed by atoms with Crippen molar-refractivity contribution in [3.05, 3.63) is 59.5 Å². The fourth-order valence-corrected chi connectivity index (χ4v) is 5.28. The third-order valence-electron chi connectivity index (χ3n) is 6.31. The Morgan fingerprint density at radius 2 is 2.02 bits per heavy atom. The summed E-state index contributed by atoms with van der Waals surface area (Å²) in [6.07, 6.45) is 4.95. The first kappa shape index (κ1) is 29.3. The van der Waals surface area contributed by atoms with Crippen molar-refractivity contribution >= 4 is 40.8 Å². The van der Waals surface area contributed by atoms with Crippen LogP contribution in [-0.4, -0.2) is 55.2 Å². The Labute approximate surface area is 236 Å². The van der Waals surface area contributed by atoms with Gasteiger partial charge in [-0.05, 0) is 69.0 Å². The Kier molecular flexibility index (Phi) is 9.62. The van der Waals surface area contributed by atoms with E-state index in [1.165, 1.54) is 42.0 Å². The van der Waals surface area contributed by atoms with Crippen LogP contribution < -0.4 is 15.0 Å². The first-order valence-corrected chi connectivity index (χ1v) is 13.8. The lowest BCUT2D eigenvalue weighted by Crippen LogP contribution is -2.24. The zero-order valence-electron chi connectivity index (χ0n) is 22.6. The number of aromatic nitrogens is 1. The Balaban J connectivity index is 0.000000186. The molecule has 0 aliphatic carbocycles. The highest BCUT2D eigenvalue weighted by atomic mass is 32.1. The van der Waals surface area contributed by atoms with Gasteiger partial charge in [-0.25, -0.2) is 9.37 Å². The number of nitrogens with one attached hydrogen (secondary N) is 1. The number of esters is 1. The molecule has 1 N–H and O–H groups in total. The van der Waals surface area contributed by atoms with Crippen molar-refractivity contribution in [2.24, 2.45) is 0 Å². The van der Waals surface area contributed by atoms with Crippen molar-refractivity contribution in [2.75, 3.05) is 29.9 Å². The van der Waals surface area contributed by atoms with Crippen molar-refractivity contribution in [2.45, 2.75) is 51.9 Å². The summed E-state index contributed by atoms with van der Waals surface area (Å²) < 4.78 is 29.6. The zero-order chi connectivity index (χ0) is 28.7. The quantitative estimate of drug-likeness (QED) is 0.219. The molecule has 0 radical (unpaired) electrons. The lowest BCUT2D eigenvalue weighted by atomic mass is 10.1. The normalized spacial score (nSPS) is 17.6. The second-order valence-electron chi connectivity index (χ2n) is 9.95. The van der Waals surface area contributed by atoms with Gasteiger partial charge in [-0.15, -0.1) is 0 Å². The molecule has 2 aromatic carbocycles. The third-order valence-corrected chi connectivity index (χ3v) is 7.29. The van der Waals surface area contributed by atoms with E-state index >= 15 is 0 Å². The summed E-state index contributed by atoms with van der Waals surface area (Å²) in [7, 11) is 0. The van der Waals surface area contributed by atoms with Crippen molar-refractivity contribution in [3.63, 3.8) is 0 Å². The number of carbonyl (C=O) groups excluding carboxylic acids is 3. The molecule has 9 nitrogen and oxygen atoms in total. The van der Waals surface area contributed by atoms with Crippen molar-refractivity contribution in [1.29, 1.82) is 0 Å². The summed E-state index contributed by atoms with van der Waals surface area (Å²) in [5, 5.41) is 3.22. The van der Waals surface area contributed by atoms with Crippen LogP contribution in [0.25, 0.3) is 10.4 Å². The molecule has 1 unspecified atom stereocenters. The van der Waals surface area contributed by atoms with E-state index in [2.05, 4.69) is 39.5 Å². The molecule has 2 aliphatic heterocycles. The van der Waals surface area contributed by atoms with Gasteiger partial charge < -0.3 is 24.4 Å². The molecular formula is C29H32FN3O6S. The highest BCUT2D eigenvalue weighted by molar-refractivity contribution is 7.19. The number of ether oxygens (including phenoxy) is 3. The van der Waals surface area contributed by atoms with Crippen LogP contribution in [0.1, 0.15) is 49.0 Å². The third kappa shape index (κ3) is 7.71. The second kappa shape index (κ2) is 13.1. The van der Waals surface area contributed by atoms with Crippen LogP contribution in [0.5, 0.6) is 5.75 Å². The van der Waals surface area contributed by atoms with Crippen LogP contribution in [0.4, 0.5) is 15.2 Å². The molecule has 1 amide bonds. The number of amides is 1. The fourth-order valence-electron chi connectivity index (χ4n) is 4.51. The van der Waals surface area contributed by atoms with Crippen LogP contribution in [-0.2, 0) is 19.1 Å². The topological polar surface area (TPSA) is 107 Å². The average molecular weight is 570 g/mol. The molecule has 212 valence electrons. The van der Waals surface area contributed by atoms with Crippen LogP contribution in [0.15, 0.2) is 42.6 Å². The molecule has 2 aliphatic rings. The van der Waals surface area contributed by atoms with Crippen LogP contribution >= 0.6 is 11.3 Å². The van der Waals surface area contributed by atoms with E-state index in [0.717, 1.165) is 23.5 Å². The molecule has 0 spiro atoms. The first-order valence-electron chi connectivity index (χ1n) is 13.0. The van der Waals surface area contributed by atoms with E-state index in [4.69, 9.17) is 14.2 Å². The van der Waals surface area contributed by atoms with Crippen LogP contribution in [0.3, 0.4) is 0 Å². The minimum Gasteiger partial charge on any atom is -0.423 e. The number of anilines is 2. The Bertz CT molecular complexity index is 1360. The van der Waals surface area contributed by atoms with Gasteiger partial charge in [0.1, 0.15) is 0 Å². The summed E-state index contributed by atoms with van der Waals surface area (Å²) in [5.41, 5.74) is 3.00. The highest BCUT2D eigenvalue weighted by Gasteiger charge is 2.34. The van der Waals surface area contributed by atoms with Gasteiger partial charge in [0, 0.05) is 25.0 Å². The predicted octanol–water partition coefficient (Wildman–Crippen LogP) is 5.37. The lowest BCUT2D eigenvalue weighted by Gasteiger charge is -2.18. The maximum atomic E-state index is 13.8. The summed E-state index contributed by atoms with van der Waals surface area (Å²) in [4.78, 5) is 40.8. The van der Waals surface area contributed by atoms with Gasteiger partial charge >= 0.3 is 5.97 Å². The van der Waals surface area contributed by atoms with Gasteiger partial charge in [0.05, 0.1) is 29.6 Å². The molecule has 1 aromatic heterocycles. The maximum Gasteiger partial charge on any atom is 0.314 e. The molecule has 11 heteroatoms. The number of hydrogen-bond donors (Lipinski definition) is 1. The summed E-state index contributed by atoms with van der Waals surface area (Å²) in [5.74, 6) is -2.51. The molecule has 0 saturated carbocycles. The molecule has 40 heavy (non-hydrogen) atoms. The molecule has 2 fully saturated rings. The van der Waals surface area contributed by atoms with E-state index < -0.39 is 23.7 Å². The maximum absolute atomic E-state index is 13.8. The first-order chi connectivity index (χ1) is 19.2. The largest absolute Gasteiger partial charge is 0.423 e. The monoisotopic (exact) mass is 569 g/mol. The van der Waals surface area contributed by atoms with Crippen molar-refractivity contribution in [1.82, 2.24) is 4.98 Å². The molecular weight excluding hydrogens is 537 g/mol. The number of rotatable bonds is 8. The molecule has 5 rings (SSSR count). The smallest absolute Gasteiger partial charge is 0.314 e. The lowest BCUT2D eigenvalue weighted by molar-refractivity contribution is -0.148. The Morgan fingerprint density at radius 3 is 2.70 bits per heavy atom. The minimum atomic E-state index is -0.742.